The van der Waals surface area contributed by atoms with Crippen molar-refractivity contribution in [2.45, 2.75) is 25.7 Å². The van der Waals surface area contributed by atoms with E-state index in [9.17, 15) is 0 Å². The molecule has 0 aromatic rings. The third kappa shape index (κ3) is 7.83. The Balaban J connectivity index is 3.29. The van der Waals surface area contributed by atoms with Crippen molar-refractivity contribution in [3.05, 3.63) is 24.3 Å². The topological polar surface area (TPSA) is 20.2 Å². The zero-order valence-electron chi connectivity index (χ0n) is 7.43. The van der Waals surface area contributed by atoms with Crippen LogP contribution < -0.4 is 0 Å². The van der Waals surface area contributed by atoms with Crippen molar-refractivity contribution in [3.8, 4) is 0 Å². The first kappa shape index (κ1) is 11.7. The monoisotopic (exact) mass is 188 g/mol. The first-order valence-corrected chi connectivity index (χ1v) is 4.86. The Morgan fingerprint density at radius 2 is 2.17 bits per heavy atom. The van der Waals surface area contributed by atoms with Crippen LogP contribution >= 0.6 is 11.6 Å². The van der Waals surface area contributed by atoms with Crippen molar-refractivity contribution in [2.24, 2.45) is 0 Å². The molecule has 2 heteroatoms. The van der Waals surface area contributed by atoms with Crippen LogP contribution in [0.15, 0.2) is 24.3 Å². The Bertz CT molecular complexity index is 141. The van der Waals surface area contributed by atoms with E-state index in [2.05, 4.69) is 12.7 Å². The predicted molar refractivity (Wildman–Crippen MR) is 54.6 cm³/mol. The van der Waals surface area contributed by atoms with Crippen molar-refractivity contribution in [1.29, 1.82) is 0 Å². The summed E-state index contributed by atoms with van der Waals surface area (Å²) in [6.45, 7) is 3.97. The number of unbranched alkanes of at least 4 members (excludes halogenated alkanes) is 2. The van der Waals surface area contributed by atoms with E-state index in [0.717, 1.165) is 30.7 Å². The summed E-state index contributed by atoms with van der Waals surface area (Å²) in [4.78, 5) is 0. The minimum Gasteiger partial charge on any atom is -0.396 e. The van der Waals surface area contributed by atoms with E-state index in [1.165, 1.54) is 0 Å². The van der Waals surface area contributed by atoms with E-state index in [-0.39, 0.29) is 6.61 Å². The lowest BCUT2D eigenvalue weighted by molar-refractivity contribution is 0.300. The van der Waals surface area contributed by atoms with Gasteiger partial charge < -0.3 is 5.11 Å². The van der Waals surface area contributed by atoms with Crippen LogP contribution in [0.2, 0.25) is 0 Å². The molecule has 0 saturated carbocycles. The van der Waals surface area contributed by atoms with Crippen LogP contribution in [-0.4, -0.2) is 17.6 Å². The second kappa shape index (κ2) is 8.82. The fraction of sp³-hybridized carbons (Fsp3) is 0.600. The Labute approximate surface area is 79.7 Å². The number of aliphatic hydroxyl groups is 1. The van der Waals surface area contributed by atoms with Gasteiger partial charge in [0.1, 0.15) is 0 Å². The van der Waals surface area contributed by atoms with Crippen molar-refractivity contribution in [1.82, 2.24) is 0 Å². The normalized spacial score (nSPS) is 10.8. The molecule has 0 aromatic heterocycles. The Morgan fingerprint density at radius 1 is 1.42 bits per heavy atom. The number of hydrogen-bond donors (Lipinski definition) is 1. The van der Waals surface area contributed by atoms with Crippen LogP contribution in [0.4, 0.5) is 0 Å². The molecule has 0 heterocycles. The van der Waals surface area contributed by atoms with Gasteiger partial charge in [-0.05, 0) is 25.7 Å². The van der Waals surface area contributed by atoms with Gasteiger partial charge in [0.15, 0.2) is 0 Å². The fourth-order valence-electron chi connectivity index (χ4n) is 0.834. The zero-order chi connectivity index (χ0) is 9.23. The lowest BCUT2D eigenvalue weighted by atomic mass is 10.2. The van der Waals surface area contributed by atoms with E-state index in [0.29, 0.717) is 6.42 Å². The molecule has 12 heavy (non-hydrogen) atoms. The molecule has 0 radical (unpaired) electrons. The maximum absolute atomic E-state index is 8.57. The molecule has 0 unspecified atom stereocenters. The molecule has 0 spiro atoms. The number of hydrogen-bond acceptors (Lipinski definition) is 1. The minimum atomic E-state index is 0.185. The van der Waals surface area contributed by atoms with Crippen LogP contribution in [0.25, 0.3) is 0 Å². The molecular formula is C10H17ClO. The number of halogens is 1. The lowest BCUT2D eigenvalue weighted by Gasteiger charge is -1.94. The van der Waals surface area contributed by atoms with Crippen molar-refractivity contribution in [2.75, 3.05) is 12.5 Å². The van der Waals surface area contributed by atoms with Gasteiger partial charge in [-0.2, -0.15) is 0 Å². The largest absolute Gasteiger partial charge is 0.396 e. The van der Waals surface area contributed by atoms with Crippen LogP contribution in [0.3, 0.4) is 0 Å². The van der Waals surface area contributed by atoms with E-state index < -0.39 is 0 Å². The van der Waals surface area contributed by atoms with Crippen LogP contribution in [0, 0.1) is 0 Å². The summed E-state index contributed by atoms with van der Waals surface area (Å²) in [5, 5.41) is 8.57. The number of allylic oxidation sites excluding steroid dienone is 2. The van der Waals surface area contributed by atoms with Crippen LogP contribution in [0.5, 0.6) is 0 Å². The molecule has 0 aliphatic heterocycles. The fourth-order valence-corrected chi connectivity index (χ4v) is 1.02. The third-order valence-corrected chi connectivity index (χ3v) is 1.81. The maximum Gasteiger partial charge on any atom is 0.0471 e. The van der Waals surface area contributed by atoms with Gasteiger partial charge in [0.2, 0.25) is 0 Å². The maximum atomic E-state index is 8.57. The summed E-state index contributed by atoms with van der Waals surface area (Å²) < 4.78 is 0. The van der Waals surface area contributed by atoms with Crippen molar-refractivity contribution >= 4 is 11.6 Å². The molecule has 1 nitrogen and oxygen atoms in total. The molecule has 0 rings (SSSR count). The highest BCUT2D eigenvalue weighted by Gasteiger charge is 1.86. The molecule has 0 amide bonds. The van der Waals surface area contributed by atoms with Gasteiger partial charge in [-0.25, -0.2) is 0 Å². The molecule has 0 fully saturated rings. The summed E-state index contributed by atoms with van der Waals surface area (Å²) in [5.41, 5.74) is 0.989. The first-order valence-electron chi connectivity index (χ1n) is 4.32. The molecule has 0 aliphatic rings. The van der Waals surface area contributed by atoms with E-state index in [1.807, 2.05) is 6.08 Å². The van der Waals surface area contributed by atoms with Gasteiger partial charge in [0.25, 0.3) is 0 Å². The van der Waals surface area contributed by atoms with Crippen molar-refractivity contribution < 1.29 is 5.11 Å². The number of alkyl halides is 1. The Kier molecular flexibility index (Phi) is 8.62. The van der Waals surface area contributed by atoms with Gasteiger partial charge in [-0.3, -0.25) is 0 Å². The molecule has 0 aromatic carbocycles. The molecular weight excluding hydrogens is 172 g/mol. The number of aliphatic hydroxyl groups excluding tert-OH is 1. The van der Waals surface area contributed by atoms with Gasteiger partial charge >= 0.3 is 0 Å². The SMILES string of the molecule is C=C(/C=C/CCCCCl)CCO. The van der Waals surface area contributed by atoms with E-state index in [4.69, 9.17) is 16.7 Å². The van der Waals surface area contributed by atoms with Gasteiger partial charge in [0.05, 0.1) is 0 Å². The molecule has 70 valence electrons. The summed E-state index contributed by atoms with van der Waals surface area (Å²) in [5.74, 6) is 0.741. The zero-order valence-corrected chi connectivity index (χ0v) is 8.19. The highest BCUT2D eigenvalue weighted by Crippen LogP contribution is 2.02. The summed E-state index contributed by atoms with van der Waals surface area (Å²) in [6.07, 6.45) is 7.99. The molecule has 1 N–H and O–H groups in total. The second-order valence-corrected chi connectivity index (χ2v) is 3.10. The van der Waals surface area contributed by atoms with Gasteiger partial charge in [-0.15, -0.1) is 11.6 Å². The average molecular weight is 189 g/mol. The highest BCUT2D eigenvalue weighted by atomic mass is 35.5. The standard InChI is InChI=1S/C10H17ClO/c1-10(7-9-12)6-4-2-3-5-8-11/h4,6,12H,1-3,5,7-9H2/b6-4+. The summed E-state index contributed by atoms with van der Waals surface area (Å²) in [6, 6.07) is 0. The van der Waals surface area contributed by atoms with E-state index in [1.54, 1.807) is 0 Å². The predicted octanol–water partition coefficient (Wildman–Crippen LogP) is 2.89. The minimum absolute atomic E-state index is 0.185. The Hall–Kier alpha value is -0.270. The number of rotatable bonds is 7. The summed E-state index contributed by atoms with van der Waals surface area (Å²) in [7, 11) is 0. The van der Waals surface area contributed by atoms with Crippen LogP contribution in [0.1, 0.15) is 25.7 Å². The molecule has 0 aliphatic carbocycles. The Morgan fingerprint density at radius 3 is 2.75 bits per heavy atom. The van der Waals surface area contributed by atoms with Crippen molar-refractivity contribution in [3.63, 3.8) is 0 Å². The first-order chi connectivity index (χ1) is 5.81. The molecule has 0 saturated heterocycles. The molecule has 0 bridgehead atoms. The second-order valence-electron chi connectivity index (χ2n) is 2.72. The van der Waals surface area contributed by atoms with E-state index >= 15 is 0 Å². The summed E-state index contributed by atoms with van der Waals surface area (Å²) >= 11 is 5.52. The highest BCUT2D eigenvalue weighted by molar-refractivity contribution is 6.17. The lowest BCUT2D eigenvalue weighted by Crippen LogP contribution is -1.83. The van der Waals surface area contributed by atoms with Gasteiger partial charge in [-0.1, -0.05) is 24.3 Å². The average Bonchev–Trinajstić information content (AvgIpc) is 2.05. The smallest absolute Gasteiger partial charge is 0.0471 e. The molecule has 0 atom stereocenters. The van der Waals surface area contributed by atoms with Gasteiger partial charge in [0, 0.05) is 12.5 Å². The third-order valence-electron chi connectivity index (χ3n) is 1.54. The van der Waals surface area contributed by atoms with Crippen LogP contribution in [-0.2, 0) is 0 Å². The quantitative estimate of drug-likeness (QED) is 0.370.